The van der Waals surface area contributed by atoms with Crippen LogP contribution in [0, 0.1) is 5.82 Å². The molecule has 6 nitrogen and oxygen atoms in total. The summed E-state index contributed by atoms with van der Waals surface area (Å²) in [5.41, 5.74) is 8.87. The second kappa shape index (κ2) is 12.5. The average molecular weight is 539 g/mol. The Hall–Kier alpha value is -2.36. The first-order valence-corrected chi connectivity index (χ1v) is 10.5. The third-order valence-corrected chi connectivity index (χ3v) is 5.25. The number of hydrogen-bond donors (Lipinski definition) is 2. The van der Waals surface area contributed by atoms with Crippen molar-refractivity contribution in [3.8, 4) is 0 Å². The molecule has 8 heteroatoms. The van der Waals surface area contributed by atoms with Gasteiger partial charge in [0.2, 0.25) is 0 Å². The molecule has 1 amide bonds. The molecule has 2 aromatic rings. The topological polar surface area (TPSA) is 74.0 Å². The maximum Gasteiger partial charge on any atom is 0.251 e. The van der Waals surface area contributed by atoms with Gasteiger partial charge in [-0.05, 0) is 48.4 Å². The number of benzene rings is 2. The lowest BCUT2D eigenvalue weighted by Crippen LogP contribution is -2.51. The van der Waals surface area contributed by atoms with Crippen molar-refractivity contribution in [1.82, 2.24) is 10.2 Å². The molecular formula is C23H31FIN5O. The zero-order valence-corrected chi connectivity index (χ0v) is 20.2. The van der Waals surface area contributed by atoms with Gasteiger partial charge in [-0.2, -0.15) is 0 Å². The number of carbonyl (C=O) groups is 1. The van der Waals surface area contributed by atoms with Crippen molar-refractivity contribution in [3.63, 3.8) is 0 Å². The highest BCUT2D eigenvalue weighted by molar-refractivity contribution is 14.0. The van der Waals surface area contributed by atoms with E-state index in [-0.39, 0.29) is 35.7 Å². The highest BCUT2D eigenvalue weighted by Crippen LogP contribution is 2.17. The largest absolute Gasteiger partial charge is 0.370 e. The number of unbranched alkanes of at least 4 members (excludes halogenated alkanes) is 1. The molecule has 2 aromatic carbocycles. The van der Waals surface area contributed by atoms with E-state index in [0.717, 1.165) is 50.3 Å². The Kier molecular flexibility index (Phi) is 10.0. The summed E-state index contributed by atoms with van der Waals surface area (Å²) >= 11 is 0. The van der Waals surface area contributed by atoms with E-state index in [2.05, 4.69) is 27.0 Å². The predicted octanol–water partition coefficient (Wildman–Crippen LogP) is 3.61. The number of anilines is 1. The van der Waals surface area contributed by atoms with Crippen molar-refractivity contribution >= 4 is 41.5 Å². The quantitative estimate of drug-likeness (QED) is 0.244. The molecule has 168 valence electrons. The summed E-state index contributed by atoms with van der Waals surface area (Å²) in [6, 6.07) is 14.0. The number of halogens is 2. The summed E-state index contributed by atoms with van der Waals surface area (Å²) in [4.78, 5) is 20.9. The summed E-state index contributed by atoms with van der Waals surface area (Å²) < 4.78 is 13.1. The smallest absolute Gasteiger partial charge is 0.251 e. The minimum Gasteiger partial charge on any atom is -0.370 e. The molecule has 0 radical (unpaired) electrons. The predicted molar refractivity (Wildman–Crippen MR) is 135 cm³/mol. The first kappa shape index (κ1) is 24.9. The molecule has 31 heavy (non-hydrogen) atoms. The Morgan fingerprint density at radius 3 is 2.32 bits per heavy atom. The lowest BCUT2D eigenvalue weighted by Gasteiger charge is -2.36. The lowest BCUT2D eigenvalue weighted by molar-refractivity contribution is 0.0953. The normalized spacial score (nSPS) is 14.2. The number of nitrogens with one attached hydrogen (secondary N) is 1. The number of carbonyl (C=O) groups excluding carboxylic acids is 1. The van der Waals surface area contributed by atoms with Crippen LogP contribution in [0.1, 0.15) is 35.7 Å². The van der Waals surface area contributed by atoms with Crippen LogP contribution in [0.4, 0.5) is 10.1 Å². The molecular weight excluding hydrogens is 508 g/mol. The van der Waals surface area contributed by atoms with Crippen LogP contribution < -0.4 is 16.0 Å². The summed E-state index contributed by atoms with van der Waals surface area (Å²) in [7, 11) is 0. The molecule has 3 N–H and O–H groups in total. The van der Waals surface area contributed by atoms with Crippen LogP contribution in [0.3, 0.4) is 0 Å². The summed E-state index contributed by atoms with van der Waals surface area (Å²) in [6.45, 7) is 6.42. The Balaban J connectivity index is 0.00000341. The molecule has 1 aliphatic heterocycles. The van der Waals surface area contributed by atoms with Gasteiger partial charge in [-0.15, -0.1) is 24.0 Å². The molecule has 1 heterocycles. The number of aliphatic imine (C=N–C) groups is 1. The third-order valence-electron chi connectivity index (χ3n) is 5.25. The van der Waals surface area contributed by atoms with Crippen LogP contribution in [0.5, 0.6) is 0 Å². The van der Waals surface area contributed by atoms with E-state index in [1.165, 1.54) is 12.1 Å². The number of piperazine rings is 1. The fraction of sp³-hybridized carbons (Fsp3) is 0.391. The molecule has 1 saturated heterocycles. The van der Waals surface area contributed by atoms with Crippen molar-refractivity contribution in [1.29, 1.82) is 0 Å². The summed E-state index contributed by atoms with van der Waals surface area (Å²) in [5, 5.41) is 2.91. The Bertz CT molecular complexity index is 849. The molecule has 3 rings (SSSR count). The van der Waals surface area contributed by atoms with E-state index in [1.807, 2.05) is 24.3 Å². The molecule has 0 bridgehead atoms. The second-order valence-corrected chi connectivity index (χ2v) is 7.43. The van der Waals surface area contributed by atoms with E-state index < -0.39 is 0 Å². The van der Waals surface area contributed by atoms with Gasteiger partial charge in [-0.25, -0.2) is 9.38 Å². The van der Waals surface area contributed by atoms with E-state index >= 15 is 0 Å². The number of hydrogen-bond acceptors (Lipinski definition) is 3. The van der Waals surface area contributed by atoms with Gasteiger partial charge in [0.05, 0.1) is 6.54 Å². The molecule has 0 spiro atoms. The molecule has 0 atom stereocenters. The van der Waals surface area contributed by atoms with Crippen LogP contribution in [0.15, 0.2) is 53.5 Å². The minimum absolute atomic E-state index is 0. The van der Waals surface area contributed by atoms with Crippen LogP contribution in [-0.2, 0) is 6.54 Å². The molecule has 0 saturated carbocycles. The fourth-order valence-electron chi connectivity index (χ4n) is 3.36. The number of rotatable bonds is 7. The minimum atomic E-state index is -0.223. The zero-order valence-electron chi connectivity index (χ0n) is 17.9. The van der Waals surface area contributed by atoms with Crippen molar-refractivity contribution in [2.75, 3.05) is 37.6 Å². The van der Waals surface area contributed by atoms with Crippen molar-refractivity contribution in [2.24, 2.45) is 10.7 Å². The van der Waals surface area contributed by atoms with E-state index in [9.17, 15) is 9.18 Å². The van der Waals surface area contributed by atoms with Gasteiger partial charge in [0, 0.05) is 44.0 Å². The Morgan fingerprint density at radius 1 is 1.06 bits per heavy atom. The average Bonchev–Trinajstić information content (AvgIpc) is 2.78. The van der Waals surface area contributed by atoms with Gasteiger partial charge in [-0.1, -0.05) is 25.5 Å². The van der Waals surface area contributed by atoms with E-state index in [1.54, 1.807) is 12.1 Å². The number of guanidine groups is 1. The zero-order chi connectivity index (χ0) is 21.3. The Morgan fingerprint density at radius 2 is 1.71 bits per heavy atom. The first-order valence-electron chi connectivity index (χ1n) is 10.5. The van der Waals surface area contributed by atoms with Gasteiger partial charge in [0.25, 0.3) is 5.91 Å². The summed E-state index contributed by atoms with van der Waals surface area (Å²) in [5.74, 6) is 0.256. The monoisotopic (exact) mass is 539 g/mol. The van der Waals surface area contributed by atoms with Crippen molar-refractivity contribution < 1.29 is 9.18 Å². The molecule has 1 fully saturated rings. The van der Waals surface area contributed by atoms with Gasteiger partial charge in [-0.3, -0.25) is 4.79 Å². The van der Waals surface area contributed by atoms with Crippen molar-refractivity contribution in [2.45, 2.75) is 26.3 Å². The van der Waals surface area contributed by atoms with Gasteiger partial charge in [0.15, 0.2) is 5.96 Å². The van der Waals surface area contributed by atoms with Crippen LogP contribution >= 0.6 is 24.0 Å². The molecule has 1 aliphatic rings. The second-order valence-electron chi connectivity index (χ2n) is 7.43. The number of nitrogens with zero attached hydrogens (tertiary/aromatic N) is 3. The standard InChI is InChI=1S/C23H30FN5O.HI/c1-2-3-12-26-22(30)19-6-4-18(5-7-19)17-27-23(25)29-15-13-28(14-16-29)21-10-8-20(24)9-11-21;/h4-11H,2-3,12-17H2,1H3,(H2,25,27)(H,26,30);1H. The van der Waals surface area contributed by atoms with Crippen LogP contribution in [0.2, 0.25) is 0 Å². The van der Waals surface area contributed by atoms with E-state index in [4.69, 9.17) is 5.73 Å². The van der Waals surface area contributed by atoms with E-state index in [0.29, 0.717) is 24.6 Å². The van der Waals surface area contributed by atoms with Crippen LogP contribution in [-0.4, -0.2) is 49.5 Å². The third kappa shape index (κ3) is 7.37. The molecule has 0 aliphatic carbocycles. The molecule has 0 aromatic heterocycles. The highest BCUT2D eigenvalue weighted by atomic mass is 127. The SMILES string of the molecule is CCCCNC(=O)c1ccc(CN=C(N)N2CCN(c3ccc(F)cc3)CC2)cc1.I. The lowest BCUT2D eigenvalue weighted by atomic mass is 10.1. The van der Waals surface area contributed by atoms with Gasteiger partial charge >= 0.3 is 0 Å². The highest BCUT2D eigenvalue weighted by Gasteiger charge is 2.18. The molecule has 0 unspecified atom stereocenters. The van der Waals surface area contributed by atoms with Gasteiger partial charge < -0.3 is 20.9 Å². The van der Waals surface area contributed by atoms with Gasteiger partial charge in [0.1, 0.15) is 5.82 Å². The summed E-state index contributed by atoms with van der Waals surface area (Å²) in [6.07, 6.45) is 2.04. The Labute approximate surface area is 200 Å². The maximum absolute atomic E-state index is 13.1. The van der Waals surface area contributed by atoms with Crippen LogP contribution in [0.25, 0.3) is 0 Å². The first-order chi connectivity index (χ1) is 14.6. The number of nitrogens with two attached hydrogens (primary N) is 1. The fourth-order valence-corrected chi connectivity index (χ4v) is 3.36. The maximum atomic E-state index is 13.1. The number of amides is 1. The van der Waals surface area contributed by atoms with Crippen molar-refractivity contribution in [3.05, 3.63) is 65.5 Å².